The Balaban J connectivity index is 2.04. The van der Waals surface area contributed by atoms with Crippen molar-refractivity contribution >= 4 is 11.6 Å². The third-order valence-electron chi connectivity index (χ3n) is 4.81. The first-order valence-electron chi connectivity index (χ1n) is 9.40. The van der Waals surface area contributed by atoms with Crippen molar-refractivity contribution in [1.82, 2.24) is 10.2 Å². The van der Waals surface area contributed by atoms with Crippen LogP contribution in [0, 0.1) is 16.0 Å². The SMILES string of the molecule is CC(C)CN1CCC(NC(=O)c2ccc(C(C)(C)C)c([N+](=O)[O-])c2)CC1. The summed E-state index contributed by atoms with van der Waals surface area (Å²) in [4.78, 5) is 26.0. The molecule has 1 aromatic carbocycles. The van der Waals surface area contributed by atoms with E-state index in [1.807, 2.05) is 20.8 Å². The zero-order chi connectivity index (χ0) is 19.5. The third kappa shape index (κ3) is 5.27. The van der Waals surface area contributed by atoms with Gasteiger partial charge in [-0.2, -0.15) is 0 Å². The predicted molar refractivity (Wildman–Crippen MR) is 104 cm³/mol. The summed E-state index contributed by atoms with van der Waals surface area (Å²) in [6.45, 7) is 13.3. The summed E-state index contributed by atoms with van der Waals surface area (Å²) in [5.74, 6) is 0.416. The number of nitrogens with zero attached hydrogens (tertiary/aromatic N) is 2. The number of rotatable bonds is 5. The van der Waals surface area contributed by atoms with Crippen LogP contribution in [0.4, 0.5) is 5.69 Å². The van der Waals surface area contributed by atoms with Crippen LogP contribution in [0.3, 0.4) is 0 Å². The minimum atomic E-state index is -0.401. The first-order chi connectivity index (χ1) is 12.1. The molecule has 0 radical (unpaired) electrons. The fourth-order valence-electron chi connectivity index (χ4n) is 3.50. The number of hydrogen-bond acceptors (Lipinski definition) is 4. The zero-order valence-corrected chi connectivity index (χ0v) is 16.5. The maximum Gasteiger partial charge on any atom is 0.273 e. The van der Waals surface area contributed by atoms with E-state index in [4.69, 9.17) is 0 Å². The lowest BCUT2D eigenvalue weighted by molar-refractivity contribution is -0.386. The number of benzene rings is 1. The van der Waals surface area contributed by atoms with Gasteiger partial charge < -0.3 is 10.2 Å². The summed E-state index contributed by atoms with van der Waals surface area (Å²) in [5, 5.41) is 14.5. The zero-order valence-electron chi connectivity index (χ0n) is 16.5. The predicted octanol–water partition coefficient (Wildman–Crippen LogP) is 3.74. The van der Waals surface area contributed by atoms with Crippen LogP contribution in [0.25, 0.3) is 0 Å². The van der Waals surface area contributed by atoms with E-state index >= 15 is 0 Å². The monoisotopic (exact) mass is 361 g/mol. The number of piperidine rings is 1. The van der Waals surface area contributed by atoms with Gasteiger partial charge in [0.05, 0.1) is 4.92 Å². The van der Waals surface area contributed by atoms with E-state index in [0.29, 0.717) is 17.0 Å². The molecule has 0 saturated carbocycles. The Morgan fingerprint density at radius 2 is 1.92 bits per heavy atom. The second kappa shape index (κ2) is 8.16. The Bertz CT molecular complexity index is 657. The van der Waals surface area contributed by atoms with Crippen LogP contribution in [0.2, 0.25) is 0 Å². The van der Waals surface area contributed by atoms with Gasteiger partial charge in [0.1, 0.15) is 0 Å². The molecule has 1 amide bonds. The number of carbonyl (C=O) groups is 1. The summed E-state index contributed by atoms with van der Waals surface area (Å²) < 4.78 is 0. The normalized spacial score (nSPS) is 16.7. The minimum Gasteiger partial charge on any atom is -0.349 e. The molecule has 0 unspecified atom stereocenters. The van der Waals surface area contributed by atoms with Crippen molar-refractivity contribution in [2.75, 3.05) is 19.6 Å². The molecule has 1 heterocycles. The molecular formula is C20H31N3O3. The van der Waals surface area contributed by atoms with Crippen LogP contribution in [-0.4, -0.2) is 41.4 Å². The van der Waals surface area contributed by atoms with Gasteiger partial charge in [-0.1, -0.05) is 40.7 Å². The van der Waals surface area contributed by atoms with Crippen LogP contribution in [0.15, 0.2) is 18.2 Å². The Hall–Kier alpha value is -1.95. The molecule has 0 aliphatic carbocycles. The lowest BCUT2D eigenvalue weighted by atomic mass is 9.85. The van der Waals surface area contributed by atoms with Crippen LogP contribution in [0.1, 0.15) is 63.4 Å². The molecule has 2 rings (SSSR count). The van der Waals surface area contributed by atoms with E-state index in [9.17, 15) is 14.9 Å². The maximum absolute atomic E-state index is 12.6. The van der Waals surface area contributed by atoms with E-state index in [0.717, 1.165) is 32.5 Å². The van der Waals surface area contributed by atoms with Gasteiger partial charge in [-0.3, -0.25) is 14.9 Å². The van der Waals surface area contributed by atoms with Crippen molar-refractivity contribution in [3.8, 4) is 0 Å². The highest BCUT2D eigenvalue weighted by molar-refractivity contribution is 5.95. The summed E-state index contributed by atoms with van der Waals surface area (Å²) in [7, 11) is 0. The Kier molecular flexibility index (Phi) is 6.39. The molecule has 26 heavy (non-hydrogen) atoms. The van der Waals surface area contributed by atoms with Crippen molar-refractivity contribution in [1.29, 1.82) is 0 Å². The number of nitro benzene ring substituents is 1. The molecule has 6 heteroatoms. The Labute approximate surface area is 156 Å². The molecule has 1 N–H and O–H groups in total. The van der Waals surface area contributed by atoms with E-state index in [-0.39, 0.29) is 23.1 Å². The second-order valence-corrected chi connectivity index (χ2v) is 8.68. The van der Waals surface area contributed by atoms with Gasteiger partial charge in [-0.25, -0.2) is 0 Å². The van der Waals surface area contributed by atoms with Crippen molar-refractivity contribution in [2.24, 2.45) is 5.92 Å². The van der Waals surface area contributed by atoms with Crippen LogP contribution in [0.5, 0.6) is 0 Å². The fraction of sp³-hybridized carbons (Fsp3) is 0.650. The van der Waals surface area contributed by atoms with Crippen LogP contribution in [-0.2, 0) is 5.41 Å². The molecule has 144 valence electrons. The maximum atomic E-state index is 12.6. The topological polar surface area (TPSA) is 75.5 Å². The van der Waals surface area contributed by atoms with E-state index in [1.165, 1.54) is 6.07 Å². The summed E-state index contributed by atoms with van der Waals surface area (Å²) >= 11 is 0. The number of nitro groups is 1. The van der Waals surface area contributed by atoms with E-state index < -0.39 is 4.92 Å². The quantitative estimate of drug-likeness (QED) is 0.640. The highest BCUT2D eigenvalue weighted by Crippen LogP contribution is 2.31. The lowest BCUT2D eigenvalue weighted by Crippen LogP contribution is -2.45. The second-order valence-electron chi connectivity index (χ2n) is 8.68. The van der Waals surface area contributed by atoms with Crippen LogP contribution < -0.4 is 5.32 Å². The van der Waals surface area contributed by atoms with Crippen molar-refractivity contribution in [3.05, 3.63) is 39.4 Å². The molecule has 1 aromatic rings. The number of nitrogens with one attached hydrogen (secondary N) is 1. The Morgan fingerprint density at radius 1 is 1.31 bits per heavy atom. The van der Waals surface area contributed by atoms with Crippen molar-refractivity contribution < 1.29 is 9.72 Å². The largest absolute Gasteiger partial charge is 0.349 e. The molecule has 1 aliphatic rings. The molecule has 1 aliphatic heterocycles. The average Bonchev–Trinajstić information content (AvgIpc) is 2.54. The van der Waals surface area contributed by atoms with Crippen LogP contribution >= 0.6 is 0 Å². The molecule has 0 spiro atoms. The summed E-state index contributed by atoms with van der Waals surface area (Å²) in [6, 6.07) is 4.94. The Morgan fingerprint density at radius 3 is 2.42 bits per heavy atom. The van der Waals surface area contributed by atoms with Crippen molar-refractivity contribution in [2.45, 2.75) is 58.9 Å². The van der Waals surface area contributed by atoms with Gasteiger partial charge in [0.15, 0.2) is 0 Å². The smallest absolute Gasteiger partial charge is 0.273 e. The highest BCUT2D eigenvalue weighted by atomic mass is 16.6. The molecule has 6 nitrogen and oxygen atoms in total. The van der Waals surface area contributed by atoms with Gasteiger partial charge in [0.25, 0.3) is 11.6 Å². The van der Waals surface area contributed by atoms with Gasteiger partial charge in [0.2, 0.25) is 0 Å². The average molecular weight is 361 g/mol. The van der Waals surface area contributed by atoms with E-state index in [1.54, 1.807) is 12.1 Å². The number of amides is 1. The van der Waals surface area contributed by atoms with Gasteiger partial charge in [0, 0.05) is 42.9 Å². The van der Waals surface area contributed by atoms with Crippen molar-refractivity contribution in [3.63, 3.8) is 0 Å². The van der Waals surface area contributed by atoms with E-state index in [2.05, 4.69) is 24.1 Å². The molecule has 1 fully saturated rings. The summed E-state index contributed by atoms with van der Waals surface area (Å²) in [6.07, 6.45) is 1.83. The highest BCUT2D eigenvalue weighted by Gasteiger charge is 2.27. The molecule has 0 atom stereocenters. The fourth-order valence-corrected chi connectivity index (χ4v) is 3.50. The first-order valence-corrected chi connectivity index (χ1v) is 9.40. The lowest BCUT2D eigenvalue weighted by Gasteiger charge is -2.33. The molecule has 0 aromatic heterocycles. The minimum absolute atomic E-state index is 0.0110. The summed E-state index contributed by atoms with van der Waals surface area (Å²) in [5.41, 5.74) is 0.660. The first kappa shape index (κ1) is 20.4. The third-order valence-corrected chi connectivity index (χ3v) is 4.81. The molecule has 0 bridgehead atoms. The number of hydrogen-bond donors (Lipinski definition) is 1. The van der Waals surface area contributed by atoms with Gasteiger partial charge >= 0.3 is 0 Å². The van der Waals surface area contributed by atoms with Gasteiger partial charge in [-0.15, -0.1) is 0 Å². The molecular weight excluding hydrogens is 330 g/mol. The molecule has 1 saturated heterocycles. The standard InChI is InChI=1S/C20H31N3O3/c1-14(2)13-22-10-8-16(9-11-22)21-19(24)15-6-7-17(20(3,4)5)18(12-15)23(25)26/h6-7,12,14,16H,8-11,13H2,1-5H3,(H,21,24). The number of carbonyl (C=O) groups excluding carboxylic acids is 1. The number of likely N-dealkylation sites (tertiary alicyclic amines) is 1. The van der Waals surface area contributed by atoms with Gasteiger partial charge in [-0.05, 0) is 30.2 Å².